The largest absolute Gasteiger partial charge is 0.388 e. The maximum atomic E-state index is 6.00. The van der Waals surface area contributed by atoms with Crippen LogP contribution in [0.5, 0.6) is 0 Å². The van der Waals surface area contributed by atoms with Gasteiger partial charge in [0.25, 0.3) is 0 Å². The number of nitrogens with two attached hydrogens (primary N) is 1. The monoisotopic (exact) mass is 351 g/mol. The van der Waals surface area contributed by atoms with Crippen LogP contribution < -0.4 is 21.6 Å². The predicted molar refractivity (Wildman–Crippen MR) is 107 cm³/mol. The number of oxime groups is 1. The number of aromatic nitrogens is 1. The van der Waals surface area contributed by atoms with Crippen molar-refractivity contribution in [2.75, 3.05) is 20.1 Å². The molecule has 0 atom stereocenters. The molecule has 1 aliphatic heterocycles. The van der Waals surface area contributed by atoms with Crippen molar-refractivity contribution in [2.45, 2.75) is 19.6 Å². The summed E-state index contributed by atoms with van der Waals surface area (Å²) in [6.45, 7) is 4.47. The summed E-state index contributed by atoms with van der Waals surface area (Å²) in [4.78, 5) is 9.42. The van der Waals surface area contributed by atoms with Crippen molar-refractivity contribution in [2.24, 2.45) is 15.9 Å². The van der Waals surface area contributed by atoms with Gasteiger partial charge in [0.05, 0.1) is 0 Å². The highest BCUT2D eigenvalue weighted by atomic mass is 16.6. The van der Waals surface area contributed by atoms with Crippen molar-refractivity contribution < 1.29 is 4.84 Å². The lowest BCUT2D eigenvalue weighted by atomic mass is 10.1. The molecule has 3 rings (SSSR count). The van der Waals surface area contributed by atoms with E-state index in [1.54, 1.807) is 7.05 Å². The van der Waals surface area contributed by atoms with Crippen molar-refractivity contribution in [3.05, 3.63) is 58.2 Å². The molecule has 0 spiro atoms. The molecular weight excluding hydrogens is 326 g/mol. The zero-order valence-corrected chi connectivity index (χ0v) is 15.2. The van der Waals surface area contributed by atoms with Crippen molar-refractivity contribution in [1.82, 2.24) is 9.88 Å². The van der Waals surface area contributed by atoms with E-state index in [0.29, 0.717) is 5.84 Å². The quantitative estimate of drug-likeness (QED) is 0.450. The van der Waals surface area contributed by atoms with E-state index in [4.69, 9.17) is 10.6 Å². The number of rotatable bonds is 6. The Bertz CT molecular complexity index is 905. The minimum absolute atomic E-state index is 0.132. The maximum absolute atomic E-state index is 6.00. The normalized spacial score (nSPS) is 17.1. The molecule has 0 aliphatic carbocycles. The lowest BCUT2D eigenvalue weighted by Crippen LogP contribution is -2.47. The minimum atomic E-state index is 0.132. The fourth-order valence-electron chi connectivity index (χ4n) is 2.72. The first-order valence-electron chi connectivity index (χ1n) is 8.74. The minimum Gasteiger partial charge on any atom is -0.388 e. The van der Waals surface area contributed by atoms with E-state index in [-0.39, 0.29) is 6.10 Å². The van der Waals surface area contributed by atoms with Gasteiger partial charge in [-0.1, -0.05) is 35.5 Å². The van der Waals surface area contributed by atoms with Crippen molar-refractivity contribution >= 4 is 24.2 Å². The molecular formula is C20H25N5O. The van der Waals surface area contributed by atoms with Crippen LogP contribution in [0.15, 0.2) is 46.7 Å². The summed E-state index contributed by atoms with van der Waals surface area (Å²) >= 11 is 0. The van der Waals surface area contributed by atoms with Crippen molar-refractivity contribution in [3.63, 3.8) is 0 Å². The van der Waals surface area contributed by atoms with Gasteiger partial charge in [0.2, 0.25) is 0 Å². The second kappa shape index (κ2) is 8.49. The lowest BCUT2D eigenvalue weighted by molar-refractivity contribution is 0.0230. The van der Waals surface area contributed by atoms with Gasteiger partial charge in [-0.25, -0.2) is 0 Å². The van der Waals surface area contributed by atoms with E-state index in [1.165, 1.54) is 10.8 Å². The molecule has 0 unspecified atom stereocenters. The molecule has 2 aromatic rings. The van der Waals surface area contributed by atoms with Crippen molar-refractivity contribution in [1.29, 1.82) is 0 Å². The van der Waals surface area contributed by atoms with Gasteiger partial charge in [0.1, 0.15) is 0 Å². The van der Waals surface area contributed by atoms with Gasteiger partial charge in [-0.15, -0.1) is 0 Å². The summed E-state index contributed by atoms with van der Waals surface area (Å²) in [5.74, 6) is 0.403. The predicted octanol–water partition coefficient (Wildman–Crippen LogP) is 0.427. The van der Waals surface area contributed by atoms with Crippen LogP contribution in [-0.4, -0.2) is 42.9 Å². The van der Waals surface area contributed by atoms with Crippen LogP contribution >= 0.6 is 0 Å². The van der Waals surface area contributed by atoms with Gasteiger partial charge in [-0.2, -0.15) is 0 Å². The van der Waals surface area contributed by atoms with Crippen LogP contribution in [0.3, 0.4) is 0 Å². The van der Waals surface area contributed by atoms with E-state index in [9.17, 15) is 0 Å². The maximum Gasteiger partial charge on any atom is 0.170 e. The van der Waals surface area contributed by atoms with Crippen LogP contribution in [0.25, 0.3) is 12.2 Å². The Morgan fingerprint density at radius 1 is 1.31 bits per heavy atom. The van der Waals surface area contributed by atoms with Crippen LogP contribution in [0.4, 0.5) is 0 Å². The van der Waals surface area contributed by atoms with Crippen LogP contribution in [0, 0.1) is 0 Å². The molecule has 26 heavy (non-hydrogen) atoms. The van der Waals surface area contributed by atoms with Gasteiger partial charge in [-0.05, 0) is 29.8 Å². The molecule has 0 saturated carbocycles. The number of nitrogens with zero attached hydrogens (tertiary/aromatic N) is 3. The standard InChI is InChI=1S/C20H25N5O/c1-3-16-9-11-25(19(16)8-10-22-2)14-15-4-6-17(7-5-15)20(21)24-26-18-12-23-13-18/h3-11,18,23H,12-14H2,1-2H3,(H2,21,24)/b16-3-,19-8+,22-10?. The van der Waals surface area contributed by atoms with Gasteiger partial charge in [-0.3, -0.25) is 4.99 Å². The lowest BCUT2D eigenvalue weighted by Gasteiger charge is -2.24. The van der Waals surface area contributed by atoms with Crippen LogP contribution in [0.2, 0.25) is 0 Å². The first kappa shape index (κ1) is 17.9. The van der Waals surface area contributed by atoms with Crippen LogP contribution in [-0.2, 0) is 11.4 Å². The molecule has 1 aromatic heterocycles. The number of aliphatic imine (C=N–C) groups is 1. The van der Waals surface area contributed by atoms with E-state index in [2.05, 4.69) is 50.5 Å². The first-order valence-corrected chi connectivity index (χ1v) is 8.74. The molecule has 6 nitrogen and oxygen atoms in total. The number of benzene rings is 1. The van der Waals surface area contributed by atoms with Gasteiger partial charge >= 0.3 is 0 Å². The number of nitrogens with one attached hydrogen (secondary N) is 1. The van der Waals surface area contributed by atoms with Gasteiger partial charge in [0, 0.05) is 50.0 Å². The number of hydrogen-bond donors (Lipinski definition) is 2. The van der Waals surface area contributed by atoms with Gasteiger partial charge < -0.3 is 20.5 Å². The third-order valence-corrected chi connectivity index (χ3v) is 4.38. The fourth-order valence-corrected chi connectivity index (χ4v) is 2.72. The summed E-state index contributed by atoms with van der Waals surface area (Å²) < 4.78 is 2.20. The molecule has 6 heteroatoms. The average molecular weight is 351 g/mol. The van der Waals surface area contributed by atoms with Crippen molar-refractivity contribution in [3.8, 4) is 0 Å². The Hall–Kier alpha value is -2.86. The third-order valence-electron chi connectivity index (χ3n) is 4.38. The van der Waals surface area contributed by atoms with Crippen LogP contribution in [0.1, 0.15) is 18.1 Å². The Morgan fingerprint density at radius 2 is 2.08 bits per heavy atom. The molecule has 1 aromatic carbocycles. The molecule has 0 radical (unpaired) electrons. The molecule has 2 heterocycles. The van der Waals surface area contributed by atoms with E-state index in [1.807, 2.05) is 31.3 Å². The zero-order chi connectivity index (χ0) is 18.4. The second-order valence-electron chi connectivity index (χ2n) is 6.21. The van der Waals surface area contributed by atoms with E-state index < -0.39 is 0 Å². The highest BCUT2D eigenvalue weighted by molar-refractivity contribution is 5.97. The summed E-state index contributed by atoms with van der Waals surface area (Å²) in [5.41, 5.74) is 8.05. The Morgan fingerprint density at radius 3 is 2.69 bits per heavy atom. The van der Waals surface area contributed by atoms with Gasteiger partial charge in [0.15, 0.2) is 11.9 Å². The Kier molecular flexibility index (Phi) is 5.86. The number of hydrogen-bond acceptors (Lipinski definition) is 4. The zero-order valence-electron chi connectivity index (χ0n) is 15.2. The van der Waals surface area contributed by atoms with E-state index in [0.717, 1.165) is 30.5 Å². The molecule has 0 amide bonds. The highest BCUT2D eigenvalue weighted by Crippen LogP contribution is 2.07. The third kappa shape index (κ3) is 4.21. The Balaban J connectivity index is 1.74. The molecule has 3 N–H and O–H groups in total. The SMILES string of the molecule is C/C=c1/ccn(Cc2ccc(C(N)=NOC3CNC3)cc2)/c1=C/C=NC. The smallest absolute Gasteiger partial charge is 0.170 e. The second-order valence-corrected chi connectivity index (χ2v) is 6.21. The summed E-state index contributed by atoms with van der Waals surface area (Å²) in [6.07, 6.45) is 8.17. The first-order chi connectivity index (χ1) is 12.7. The topological polar surface area (TPSA) is 76.9 Å². The molecule has 1 saturated heterocycles. The average Bonchev–Trinajstić information content (AvgIpc) is 3.00. The molecule has 1 fully saturated rings. The summed E-state index contributed by atoms with van der Waals surface area (Å²) in [7, 11) is 1.77. The van der Waals surface area contributed by atoms with E-state index >= 15 is 0 Å². The fraction of sp³-hybridized carbons (Fsp3) is 0.300. The Labute approximate surface area is 153 Å². The number of amidine groups is 1. The molecule has 0 bridgehead atoms. The molecule has 136 valence electrons. The summed E-state index contributed by atoms with van der Waals surface area (Å²) in [6, 6.07) is 10.2. The highest BCUT2D eigenvalue weighted by Gasteiger charge is 2.18. The molecule has 1 aliphatic rings. The summed E-state index contributed by atoms with van der Waals surface area (Å²) in [5, 5.41) is 9.49.